The van der Waals surface area contributed by atoms with Gasteiger partial charge in [0.05, 0.1) is 19.2 Å². The van der Waals surface area contributed by atoms with E-state index < -0.39 is 30.4 Å². The minimum Gasteiger partial charge on any atom is -0.497 e. The molecule has 3 saturated heterocycles. The second-order valence-corrected chi connectivity index (χ2v) is 10.8. The van der Waals surface area contributed by atoms with E-state index in [-0.39, 0.29) is 24.1 Å². The van der Waals surface area contributed by atoms with Crippen LogP contribution >= 0.6 is 0 Å². The molecule has 2 aromatic rings. The molecule has 2 aromatic carbocycles. The van der Waals surface area contributed by atoms with Gasteiger partial charge in [0.2, 0.25) is 17.7 Å². The number of hydrogen-bond acceptors (Lipinski definition) is 6. The summed E-state index contributed by atoms with van der Waals surface area (Å²) in [6.07, 6.45) is 2.61. The Kier molecular flexibility index (Phi) is 8.47. The Morgan fingerprint density at radius 1 is 0.872 bits per heavy atom. The Labute approximate surface area is 229 Å². The molecular formula is C30H38N4O5. The number of nitrogens with zero attached hydrogens (tertiary/aromatic N) is 2. The number of aliphatic hydroxyl groups excluding tert-OH is 1. The van der Waals surface area contributed by atoms with Crippen molar-refractivity contribution in [2.75, 3.05) is 20.2 Å². The van der Waals surface area contributed by atoms with Gasteiger partial charge in [0, 0.05) is 25.6 Å². The molecule has 0 bridgehead atoms. The van der Waals surface area contributed by atoms with Gasteiger partial charge in [0.25, 0.3) is 0 Å². The zero-order chi connectivity index (χ0) is 27.4. The number of ether oxygens (including phenoxy) is 1. The third-order valence-corrected chi connectivity index (χ3v) is 8.18. The van der Waals surface area contributed by atoms with Crippen LogP contribution in [0.3, 0.4) is 0 Å². The lowest BCUT2D eigenvalue weighted by atomic mass is 10.0. The van der Waals surface area contributed by atoms with Crippen LogP contribution in [0.15, 0.2) is 54.6 Å². The number of hydrogen-bond donors (Lipinski definition) is 3. The van der Waals surface area contributed by atoms with Crippen LogP contribution in [-0.4, -0.2) is 83.2 Å². The number of amides is 3. The summed E-state index contributed by atoms with van der Waals surface area (Å²) in [6, 6.07) is 15.1. The highest BCUT2D eigenvalue weighted by Gasteiger charge is 2.44. The quantitative estimate of drug-likeness (QED) is 0.538. The molecule has 0 aromatic heterocycles. The zero-order valence-corrected chi connectivity index (χ0v) is 22.4. The van der Waals surface area contributed by atoms with Gasteiger partial charge in [-0.25, -0.2) is 0 Å². The first kappa shape index (κ1) is 27.1. The minimum atomic E-state index is -1.05. The molecule has 5 unspecified atom stereocenters. The second-order valence-electron chi connectivity index (χ2n) is 10.8. The van der Waals surface area contributed by atoms with E-state index in [1.807, 2.05) is 59.5 Å². The molecule has 3 fully saturated rings. The molecule has 0 aliphatic carbocycles. The van der Waals surface area contributed by atoms with Crippen molar-refractivity contribution in [3.63, 3.8) is 0 Å². The topological polar surface area (TPSA) is 111 Å². The number of rotatable bonds is 5. The molecule has 9 nitrogen and oxygen atoms in total. The first-order valence-corrected chi connectivity index (χ1v) is 13.9. The zero-order valence-electron chi connectivity index (χ0n) is 22.4. The minimum absolute atomic E-state index is 0.0660. The highest BCUT2D eigenvalue weighted by molar-refractivity contribution is 5.91. The fourth-order valence-corrected chi connectivity index (χ4v) is 6.20. The van der Waals surface area contributed by atoms with E-state index in [9.17, 15) is 19.5 Å². The number of aliphatic hydroxyl groups is 1. The molecular weight excluding hydrogens is 496 g/mol. The predicted molar refractivity (Wildman–Crippen MR) is 146 cm³/mol. The Balaban J connectivity index is 1.45. The van der Waals surface area contributed by atoms with Crippen LogP contribution in [0.25, 0.3) is 0 Å². The summed E-state index contributed by atoms with van der Waals surface area (Å²) < 4.78 is 5.27. The largest absolute Gasteiger partial charge is 0.497 e. The maximum Gasteiger partial charge on any atom is 0.243 e. The molecule has 0 spiro atoms. The lowest BCUT2D eigenvalue weighted by Gasteiger charge is -2.36. The highest BCUT2D eigenvalue weighted by atomic mass is 16.5. The summed E-state index contributed by atoms with van der Waals surface area (Å²) in [5.41, 5.74) is 1.94. The van der Waals surface area contributed by atoms with E-state index in [0.29, 0.717) is 38.8 Å². The molecule has 3 aliphatic rings. The van der Waals surface area contributed by atoms with E-state index in [1.165, 1.54) is 0 Å². The van der Waals surface area contributed by atoms with Crippen molar-refractivity contribution in [1.82, 2.24) is 20.4 Å². The van der Waals surface area contributed by atoms with E-state index in [2.05, 4.69) is 10.6 Å². The number of methoxy groups -OCH3 is 1. The molecule has 0 saturated carbocycles. The number of carbonyl (C=O) groups is 3. The number of carbonyl (C=O) groups excluding carboxylic acids is 3. The van der Waals surface area contributed by atoms with Gasteiger partial charge in [0.1, 0.15) is 18.0 Å². The first-order chi connectivity index (χ1) is 18.9. The van der Waals surface area contributed by atoms with Crippen LogP contribution in [0, 0.1) is 0 Å². The predicted octanol–water partition coefficient (Wildman–Crippen LogP) is 1.63. The summed E-state index contributed by atoms with van der Waals surface area (Å²) in [6.45, 7) is 1.07. The third kappa shape index (κ3) is 6.25. The van der Waals surface area contributed by atoms with Crippen LogP contribution in [0.1, 0.15) is 43.2 Å². The Bertz CT molecular complexity index is 1160. The van der Waals surface area contributed by atoms with Crippen molar-refractivity contribution in [2.45, 2.75) is 75.3 Å². The number of nitrogens with one attached hydrogen (secondary N) is 2. The van der Waals surface area contributed by atoms with Gasteiger partial charge in [0.15, 0.2) is 0 Å². The van der Waals surface area contributed by atoms with Gasteiger partial charge >= 0.3 is 0 Å². The van der Waals surface area contributed by atoms with Crippen LogP contribution in [0.2, 0.25) is 0 Å². The maximum absolute atomic E-state index is 13.8. The van der Waals surface area contributed by atoms with Gasteiger partial charge < -0.3 is 25.4 Å². The van der Waals surface area contributed by atoms with Crippen LogP contribution in [0.4, 0.5) is 0 Å². The Hall–Kier alpha value is -3.43. The summed E-state index contributed by atoms with van der Waals surface area (Å²) in [4.78, 5) is 44.2. The van der Waals surface area contributed by atoms with Crippen molar-refractivity contribution in [2.24, 2.45) is 0 Å². The summed E-state index contributed by atoms with van der Waals surface area (Å²) in [5.74, 6) is 0.146. The standard InChI is InChI=1S/C30H38N4O5/c1-39-23-13-11-21(12-14-23)18-24-29(37)34-16-6-10-26(34)30(38)33-15-5-9-25(33)28(36)31-22(19-27(35)32-24)17-20-7-3-2-4-8-20/h2-4,7-8,11-14,22,24-26,29,37H,5-6,9-10,15-19H2,1H3,(H,31,36)(H,32,35). The fourth-order valence-electron chi connectivity index (χ4n) is 6.20. The van der Waals surface area contributed by atoms with Crippen LogP contribution < -0.4 is 15.4 Å². The van der Waals surface area contributed by atoms with Gasteiger partial charge in [-0.2, -0.15) is 0 Å². The van der Waals surface area contributed by atoms with E-state index in [1.54, 1.807) is 12.0 Å². The van der Waals surface area contributed by atoms with Crippen molar-refractivity contribution in [3.05, 3.63) is 65.7 Å². The van der Waals surface area contributed by atoms with Gasteiger partial charge in [-0.05, 0) is 61.8 Å². The maximum atomic E-state index is 13.8. The SMILES string of the molecule is COc1ccc(CC2NC(=O)CC(Cc3ccccc3)NC(=O)C3CCCN3C(=O)C3CCCN3C2O)cc1. The molecule has 3 heterocycles. The Morgan fingerprint density at radius 2 is 1.56 bits per heavy atom. The van der Waals surface area contributed by atoms with E-state index in [0.717, 1.165) is 29.7 Å². The van der Waals surface area contributed by atoms with Crippen molar-refractivity contribution < 1.29 is 24.2 Å². The normalized spacial score (nSPS) is 28.4. The molecule has 39 heavy (non-hydrogen) atoms. The smallest absolute Gasteiger partial charge is 0.243 e. The summed E-state index contributed by atoms with van der Waals surface area (Å²) >= 11 is 0. The van der Waals surface area contributed by atoms with Crippen LogP contribution in [0.5, 0.6) is 5.75 Å². The summed E-state index contributed by atoms with van der Waals surface area (Å²) in [7, 11) is 1.61. The molecule has 3 N–H and O–H groups in total. The monoisotopic (exact) mass is 534 g/mol. The van der Waals surface area contributed by atoms with Gasteiger partial charge in [-0.3, -0.25) is 19.3 Å². The highest BCUT2D eigenvalue weighted by Crippen LogP contribution is 2.28. The Morgan fingerprint density at radius 3 is 2.31 bits per heavy atom. The number of benzene rings is 2. The molecule has 5 atom stereocenters. The number of fused-ring (bicyclic) bond motifs is 2. The molecule has 208 valence electrons. The van der Waals surface area contributed by atoms with E-state index >= 15 is 0 Å². The second kappa shape index (κ2) is 12.2. The van der Waals surface area contributed by atoms with Crippen molar-refractivity contribution in [3.8, 4) is 5.75 Å². The van der Waals surface area contributed by atoms with Crippen molar-refractivity contribution in [1.29, 1.82) is 0 Å². The first-order valence-electron chi connectivity index (χ1n) is 13.9. The molecule has 9 heteroatoms. The molecule has 3 amide bonds. The lowest BCUT2D eigenvalue weighted by molar-refractivity contribution is -0.145. The van der Waals surface area contributed by atoms with Crippen LogP contribution in [-0.2, 0) is 27.2 Å². The fraction of sp³-hybridized carbons (Fsp3) is 0.500. The van der Waals surface area contributed by atoms with E-state index in [4.69, 9.17) is 4.74 Å². The molecule has 3 aliphatic heterocycles. The third-order valence-electron chi connectivity index (χ3n) is 8.18. The summed E-state index contributed by atoms with van der Waals surface area (Å²) in [5, 5.41) is 17.8. The average molecular weight is 535 g/mol. The lowest BCUT2D eigenvalue weighted by Crippen LogP contribution is -2.58. The molecule has 0 radical (unpaired) electrons. The van der Waals surface area contributed by atoms with Gasteiger partial charge in [-0.1, -0.05) is 42.5 Å². The average Bonchev–Trinajstić information content (AvgIpc) is 3.63. The molecule has 5 rings (SSSR count). The van der Waals surface area contributed by atoms with Crippen molar-refractivity contribution >= 4 is 17.7 Å². The van der Waals surface area contributed by atoms with Gasteiger partial charge in [-0.15, -0.1) is 0 Å².